The average Bonchev–Trinajstić information content (AvgIpc) is 2.18. The Morgan fingerprint density at radius 3 is 2.47 bits per heavy atom. The van der Waals surface area contributed by atoms with E-state index in [1.165, 1.54) is 0 Å². The summed E-state index contributed by atoms with van der Waals surface area (Å²) in [6.45, 7) is 6.38. The minimum absolute atomic E-state index is 0.100. The zero-order valence-electron chi connectivity index (χ0n) is 9.95. The van der Waals surface area contributed by atoms with E-state index in [0.29, 0.717) is 6.41 Å². The average molecular weight is 214 g/mol. The van der Waals surface area contributed by atoms with Crippen molar-refractivity contribution in [3.8, 4) is 0 Å². The molecule has 0 fully saturated rings. The Morgan fingerprint density at radius 2 is 2.07 bits per heavy atom. The second-order valence-corrected chi connectivity index (χ2v) is 3.68. The first-order valence-corrected chi connectivity index (χ1v) is 5.64. The molecule has 0 heterocycles. The summed E-state index contributed by atoms with van der Waals surface area (Å²) in [6, 6.07) is -0.188. The minimum atomic E-state index is -0.188. The van der Waals surface area contributed by atoms with Crippen molar-refractivity contribution in [1.82, 2.24) is 10.4 Å². The number of ketones is 1. The molecule has 0 aromatic heterocycles. The van der Waals surface area contributed by atoms with Crippen LogP contribution in [0.2, 0.25) is 0 Å². The molecule has 1 N–H and O–H groups in total. The van der Waals surface area contributed by atoms with Gasteiger partial charge in [0.05, 0.1) is 6.04 Å². The predicted octanol–water partition coefficient (Wildman–Crippen LogP) is 1.51. The third-order valence-electron chi connectivity index (χ3n) is 2.45. The lowest BCUT2D eigenvalue weighted by molar-refractivity contribution is -0.125. The van der Waals surface area contributed by atoms with Gasteiger partial charge in [-0.05, 0) is 19.8 Å². The SMILES string of the molecule is CCCCCN(NC=O)C(CC)C(C)=O. The van der Waals surface area contributed by atoms with Crippen molar-refractivity contribution in [1.29, 1.82) is 0 Å². The van der Waals surface area contributed by atoms with Crippen molar-refractivity contribution in [3.63, 3.8) is 0 Å². The molecule has 0 saturated carbocycles. The number of rotatable bonds is 9. The van der Waals surface area contributed by atoms with E-state index in [9.17, 15) is 9.59 Å². The van der Waals surface area contributed by atoms with Gasteiger partial charge in [0.25, 0.3) is 0 Å². The lowest BCUT2D eigenvalue weighted by Gasteiger charge is -2.27. The lowest BCUT2D eigenvalue weighted by Crippen LogP contribution is -2.48. The summed E-state index contributed by atoms with van der Waals surface area (Å²) in [5, 5.41) is 1.74. The van der Waals surface area contributed by atoms with Crippen LogP contribution in [0.3, 0.4) is 0 Å². The van der Waals surface area contributed by atoms with Crippen LogP contribution in [0.25, 0.3) is 0 Å². The number of hydrogen-bond acceptors (Lipinski definition) is 3. The number of carbonyl (C=O) groups is 2. The third kappa shape index (κ3) is 5.52. The van der Waals surface area contributed by atoms with E-state index >= 15 is 0 Å². The Balaban J connectivity index is 4.20. The summed E-state index contributed by atoms with van der Waals surface area (Å²) in [5.74, 6) is 0.100. The van der Waals surface area contributed by atoms with Gasteiger partial charge in [0.1, 0.15) is 5.78 Å². The monoisotopic (exact) mass is 214 g/mol. The van der Waals surface area contributed by atoms with Crippen LogP contribution < -0.4 is 5.43 Å². The van der Waals surface area contributed by atoms with Gasteiger partial charge in [0.15, 0.2) is 0 Å². The molecule has 0 radical (unpaired) electrons. The van der Waals surface area contributed by atoms with Crippen molar-refractivity contribution in [3.05, 3.63) is 0 Å². The molecule has 0 aliphatic rings. The van der Waals surface area contributed by atoms with Crippen LogP contribution in [-0.4, -0.2) is 29.8 Å². The summed E-state index contributed by atoms with van der Waals surface area (Å²) < 4.78 is 0. The molecule has 0 aliphatic heterocycles. The fraction of sp³-hybridized carbons (Fsp3) is 0.818. The van der Waals surface area contributed by atoms with Crippen molar-refractivity contribution in [2.45, 2.75) is 52.5 Å². The summed E-state index contributed by atoms with van der Waals surface area (Å²) in [5.41, 5.74) is 2.61. The fourth-order valence-electron chi connectivity index (χ4n) is 1.64. The minimum Gasteiger partial charge on any atom is -0.298 e. The molecular weight excluding hydrogens is 192 g/mol. The number of amides is 1. The van der Waals surface area contributed by atoms with Gasteiger partial charge in [0.2, 0.25) is 6.41 Å². The van der Waals surface area contributed by atoms with Crippen LogP contribution in [0, 0.1) is 0 Å². The van der Waals surface area contributed by atoms with Crippen molar-refractivity contribution in [2.75, 3.05) is 6.54 Å². The van der Waals surface area contributed by atoms with E-state index in [1.54, 1.807) is 11.9 Å². The standard InChI is InChI=1S/C11H22N2O2/c1-4-6-7-8-13(12-9-14)11(5-2)10(3)15/h9,11H,4-8H2,1-3H3,(H,12,14). The first-order chi connectivity index (χ1) is 7.17. The highest BCUT2D eigenvalue weighted by atomic mass is 16.1. The molecule has 0 aliphatic carbocycles. The molecule has 4 nitrogen and oxygen atoms in total. The molecule has 0 spiro atoms. The number of nitrogens with one attached hydrogen (secondary N) is 1. The fourth-order valence-corrected chi connectivity index (χ4v) is 1.64. The maximum atomic E-state index is 11.3. The zero-order valence-corrected chi connectivity index (χ0v) is 9.95. The molecule has 0 rings (SSSR count). The van der Waals surface area contributed by atoms with Gasteiger partial charge in [-0.1, -0.05) is 26.7 Å². The van der Waals surface area contributed by atoms with Crippen LogP contribution in [0.15, 0.2) is 0 Å². The normalized spacial score (nSPS) is 12.5. The molecular formula is C11H22N2O2. The number of hydrazine groups is 1. The molecule has 1 unspecified atom stereocenters. The van der Waals surface area contributed by atoms with Gasteiger partial charge in [-0.2, -0.15) is 0 Å². The number of unbranched alkanes of at least 4 members (excludes halogenated alkanes) is 2. The van der Waals surface area contributed by atoms with Crippen molar-refractivity contribution >= 4 is 12.2 Å². The van der Waals surface area contributed by atoms with Gasteiger partial charge in [-0.25, -0.2) is 5.01 Å². The number of nitrogens with zero attached hydrogens (tertiary/aromatic N) is 1. The molecule has 0 aromatic carbocycles. The van der Waals surface area contributed by atoms with Crippen LogP contribution in [0.4, 0.5) is 0 Å². The third-order valence-corrected chi connectivity index (χ3v) is 2.45. The summed E-state index contributed by atoms with van der Waals surface area (Å²) in [6.07, 6.45) is 4.61. The van der Waals surface area contributed by atoms with Gasteiger partial charge in [0, 0.05) is 6.54 Å². The maximum absolute atomic E-state index is 11.3. The van der Waals surface area contributed by atoms with E-state index in [-0.39, 0.29) is 11.8 Å². The molecule has 1 atom stereocenters. The van der Waals surface area contributed by atoms with E-state index in [0.717, 1.165) is 32.2 Å². The Labute approximate surface area is 92.0 Å². The van der Waals surface area contributed by atoms with E-state index < -0.39 is 0 Å². The molecule has 4 heteroatoms. The lowest BCUT2D eigenvalue weighted by atomic mass is 10.1. The van der Waals surface area contributed by atoms with Crippen LogP contribution in [-0.2, 0) is 9.59 Å². The Kier molecular flexibility index (Phi) is 7.91. The molecule has 1 amide bonds. The number of hydrogen-bond donors (Lipinski definition) is 1. The predicted molar refractivity (Wildman–Crippen MR) is 60.2 cm³/mol. The summed E-state index contributed by atoms with van der Waals surface area (Å²) in [4.78, 5) is 21.8. The molecule has 0 aromatic rings. The van der Waals surface area contributed by atoms with E-state index in [1.807, 2.05) is 6.92 Å². The van der Waals surface area contributed by atoms with Gasteiger partial charge in [-0.15, -0.1) is 0 Å². The first kappa shape index (κ1) is 14.1. The quantitative estimate of drug-likeness (QED) is 0.359. The van der Waals surface area contributed by atoms with Crippen LogP contribution >= 0.6 is 0 Å². The van der Waals surface area contributed by atoms with Gasteiger partial charge < -0.3 is 0 Å². The highest BCUT2D eigenvalue weighted by Crippen LogP contribution is 2.05. The Hall–Kier alpha value is -0.900. The topological polar surface area (TPSA) is 49.4 Å². The Morgan fingerprint density at radius 1 is 1.40 bits per heavy atom. The second-order valence-electron chi connectivity index (χ2n) is 3.68. The van der Waals surface area contributed by atoms with E-state index in [4.69, 9.17) is 0 Å². The van der Waals surface area contributed by atoms with Crippen molar-refractivity contribution in [2.24, 2.45) is 0 Å². The Bertz CT molecular complexity index is 195. The smallest absolute Gasteiger partial charge is 0.221 e. The molecule has 0 saturated heterocycles. The van der Waals surface area contributed by atoms with Crippen LogP contribution in [0.5, 0.6) is 0 Å². The number of carbonyl (C=O) groups excluding carboxylic acids is 2. The molecule has 0 bridgehead atoms. The van der Waals surface area contributed by atoms with Crippen LogP contribution in [0.1, 0.15) is 46.5 Å². The van der Waals surface area contributed by atoms with Crippen molar-refractivity contribution < 1.29 is 9.59 Å². The number of Topliss-reactive ketones (excluding diaryl/α,β-unsaturated/α-hetero) is 1. The summed E-state index contributed by atoms with van der Waals surface area (Å²) >= 11 is 0. The van der Waals surface area contributed by atoms with Gasteiger partial charge >= 0.3 is 0 Å². The highest BCUT2D eigenvalue weighted by Gasteiger charge is 2.19. The molecule has 88 valence electrons. The second kappa shape index (κ2) is 8.41. The highest BCUT2D eigenvalue weighted by molar-refractivity contribution is 5.81. The van der Waals surface area contributed by atoms with Gasteiger partial charge in [-0.3, -0.25) is 15.0 Å². The maximum Gasteiger partial charge on any atom is 0.221 e. The summed E-state index contributed by atoms with van der Waals surface area (Å²) in [7, 11) is 0. The zero-order chi connectivity index (χ0) is 11.7. The first-order valence-electron chi connectivity index (χ1n) is 5.64. The largest absolute Gasteiger partial charge is 0.298 e. The van der Waals surface area contributed by atoms with E-state index in [2.05, 4.69) is 12.3 Å². The molecule has 15 heavy (non-hydrogen) atoms.